The van der Waals surface area contributed by atoms with Crippen LogP contribution in [0.3, 0.4) is 0 Å². The van der Waals surface area contributed by atoms with Crippen LogP contribution in [0.2, 0.25) is 10.0 Å². The highest BCUT2D eigenvalue weighted by Gasteiger charge is 1.91. The molecule has 0 spiro atoms. The van der Waals surface area contributed by atoms with E-state index in [0.29, 0.717) is 5.02 Å². The van der Waals surface area contributed by atoms with Crippen molar-refractivity contribution in [2.24, 2.45) is 0 Å². The summed E-state index contributed by atoms with van der Waals surface area (Å²) in [5, 5.41) is 0.735. The molecule has 0 radical (unpaired) electrons. The molecule has 2 rings (SSSR count). The second-order valence-electron chi connectivity index (χ2n) is 2.85. The van der Waals surface area contributed by atoms with Crippen LogP contribution in [-0.2, 0) is 0 Å². The maximum atomic E-state index is 12.2. The summed E-state index contributed by atoms with van der Waals surface area (Å²) in [4.78, 5) is 0. The first-order valence-electron chi connectivity index (χ1n) is 4.40. The lowest BCUT2D eigenvalue weighted by Gasteiger charge is -1.86. The van der Waals surface area contributed by atoms with Gasteiger partial charge in [0.25, 0.3) is 0 Å². The van der Waals surface area contributed by atoms with Gasteiger partial charge in [-0.2, -0.15) is 0 Å². The lowest BCUT2D eigenvalue weighted by molar-refractivity contribution is 0.627. The molecule has 0 aliphatic heterocycles. The van der Waals surface area contributed by atoms with Crippen molar-refractivity contribution in [3.8, 4) is 0 Å². The van der Waals surface area contributed by atoms with Gasteiger partial charge in [-0.25, -0.2) is 8.78 Å². The maximum Gasteiger partial charge on any atom is 0.141 e. The molecule has 0 bridgehead atoms. The summed E-state index contributed by atoms with van der Waals surface area (Å²) in [5.74, 6) is -0.622. The van der Waals surface area contributed by atoms with Crippen LogP contribution in [-0.4, -0.2) is 0 Å². The molecule has 16 heavy (non-hydrogen) atoms. The molecule has 0 amide bonds. The Morgan fingerprint density at radius 2 is 1.31 bits per heavy atom. The summed E-state index contributed by atoms with van der Waals surface area (Å²) in [7, 11) is 0. The SMILES string of the molecule is Fc1ccc(Cl)cc1.Fc1ccccc1Cl. The smallest absolute Gasteiger partial charge is 0.141 e. The molecule has 0 saturated carbocycles. The van der Waals surface area contributed by atoms with Gasteiger partial charge < -0.3 is 0 Å². The van der Waals surface area contributed by atoms with Gasteiger partial charge in [0, 0.05) is 5.02 Å². The molecular formula is C12H8Cl2F2. The van der Waals surface area contributed by atoms with Crippen LogP contribution in [0.5, 0.6) is 0 Å². The van der Waals surface area contributed by atoms with Crippen LogP contribution < -0.4 is 0 Å². The first-order valence-corrected chi connectivity index (χ1v) is 5.16. The van der Waals surface area contributed by atoms with Crippen LogP contribution in [0.4, 0.5) is 8.78 Å². The average Bonchev–Trinajstić information content (AvgIpc) is 2.28. The quantitative estimate of drug-likeness (QED) is 0.628. The van der Waals surface area contributed by atoms with Crippen molar-refractivity contribution < 1.29 is 8.78 Å². The Morgan fingerprint density at radius 3 is 1.69 bits per heavy atom. The third-order valence-electron chi connectivity index (χ3n) is 1.63. The molecular weight excluding hydrogens is 253 g/mol. The number of rotatable bonds is 0. The van der Waals surface area contributed by atoms with E-state index in [0.717, 1.165) is 0 Å². The fourth-order valence-electron chi connectivity index (χ4n) is 0.869. The highest BCUT2D eigenvalue weighted by Crippen LogP contribution is 2.11. The third kappa shape index (κ3) is 4.60. The second kappa shape index (κ2) is 6.46. The fraction of sp³-hybridized carbons (Fsp3) is 0. The molecule has 0 nitrogen and oxygen atoms in total. The Hall–Kier alpha value is -1.12. The lowest BCUT2D eigenvalue weighted by atomic mass is 10.4. The topological polar surface area (TPSA) is 0 Å². The van der Waals surface area contributed by atoms with Crippen LogP contribution in [0.15, 0.2) is 48.5 Å². The molecule has 4 heteroatoms. The number of halogens is 4. The molecule has 2 aromatic rings. The predicted molar refractivity (Wildman–Crippen MR) is 62.8 cm³/mol. The maximum absolute atomic E-state index is 12.2. The summed E-state index contributed by atoms with van der Waals surface area (Å²) in [6.45, 7) is 0. The third-order valence-corrected chi connectivity index (χ3v) is 2.19. The van der Waals surface area contributed by atoms with Gasteiger partial charge in [-0.05, 0) is 36.4 Å². The van der Waals surface area contributed by atoms with Gasteiger partial charge in [-0.1, -0.05) is 35.3 Å². The van der Waals surface area contributed by atoms with Crippen molar-refractivity contribution in [3.05, 3.63) is 70.2 Å². The summed E-state index contributed by atoms with van der Waals surface area (Å²) >= 11 is 10.8. The molecule has 0 fully saturated rings. The van der Waals surface area contributed by atoms with E-state index in [9.17, 15) is 8.78 Å². The molecule has 0 heterocycles. The van der Waals surface area contributed by atoms with Crippen molar-refractivity contribution in [2.75, 3.05) is 0 Å². The van der Waals surface area contributed by atoms with Crippen molar-refractivity contribution >= 4 is 23.2 Å². The van der Waals surface area contributed by atoms with Gasteiger partial charge in [0.15, 0.2) is 0 Å². The van der Waals surface area contributed by atoms with Gasteiger partial charge in [-0.15, -0.1) is 0 Å². The zero-order chi connectivity index (χ0) is 12.0. The highest BCUT2D eigenvalue weighted by atomic mass is 35.5. The monoisotopic (exact) mass is 260 g/mol. The second-order valence-corrected chi connectivity index (χ2v) is 3.69. The Morgan fingerprint density at radius 1 is 0.750 bits per heavy atom. The van der Waals surface area contributed by atoms with E-state index in [2.05, 4.69) is 0 Å². The van der Waals surface area contributed by atoms with Crippen molar-refractivity contribution in [1.82, 2.24) is 0 Å². The van der Waals surface area contributed by atoms with Crippen molar-refractivity contribution in [2.45, 2.75) is 0 Å². The largest absolute Gasteiger partial charge is 0.207 e. The number of benzene rings is 2. The molecule has 0 atom stereocenters. The number of hydrogen-bond acceptors (Lipinski definition) is 0. The fourth-order valence-corrected chi connectivity index (χ4v) is 1.13. The molecule has 84 valence electrons. The van der Waals surface area contributed by atoms with E-state index in [-0.39, 0.29) is 16.7 Å². The van der Waals surface area contributed by atoms with E-state index in [4.69, 9.17) is 23.2 Å². The van der Waals surface area contributed by atoms with Crippen LogP contribution >= 0.6 is 23.2 Å². The lowest BCUT2D eigenvalue weighted by Crippen LogP contribution is -1.70. The summed E-state index contributed by atoms with van der Waals surface area (Å²) < 4.78 is 24.2. The Labute approximate surface area is 102 Å². The zero-order valence-electron chi connectivity index (χ0n) is 8.13. The molecule has 0 N–H and O–H groups in total. The highest BCUT2D eigenvalue weighted by molar-refractivity contribution is 6.30. The molecule has 2 aromatic carbocycles. The van der Waals surface area contributed by atoms with Gasteiger partial charge in [0.1, 0.15) is 11.6 Å². The molecule has 0 saturated heterocycles. The van der Waals surface area contributed by atoms with Crippen molar-refractivity contribution in [3.63, 3.8) is 0 Å². The van der Waals surface area contributed by atoms with Gasteiger partial charge in [0.2, 0.25) is 0 Å². The minimum absolute atomic E-state index is 0.174. The predicted octanol–water partition coefficient (Wildman–Crippen LogP) is 4.96. The van der Waals surface area contributed by atoms with Crippen LogP contribution in [0.25, 0.3) is 0 Å². The van der Waals surface area contributed by atoms with Gasteiger partial charge in [-0.3, -0.25) is 0 Å². The first kappa shape index (κ1) is 12.9. The van der Waals surface area contributed by atoms with Crippen LogP contribution in [0.1, 0.15) is 0 Å². The summed E-state index contributed by atoms with van der Waals surface area (Å²) in [6.07, 6.45) is 0. The molecule has 0 aliphatic carbocycles. The minimum Gasteiger partial charge on any atom is -0.207 e. The summed E-state index contributed by atoms with van der Waals surface area (Å²) in [5.41, 5.74) is 0. The standard InChI is InChI=1S/2C6H4ClF/c7-5-1-3-6(8)4-2-5;7-5-3-1-2-4-6(5)8/h2*1-4H. The average molecular weight is 261 g/mol. The number of hydrogen-bond donors (Lipinski definition) is 0. The van der Waals surface area contributed by atoms with E-state index >= 15 is 0 Å². The Bertz CT molecular complexity index is 399. The zero-order valence-corrected chi connectivity index (χ0v) is 9.64. The van der Waals surface area contributed by atoms with Gasteiger partial charge in [0.05, 0.1) is 5.02 Å². The van der Waals surface area contributed by atoms with E-state index in [1.165, 1.54) is 36.4 Å². The Kier molecular flexibility index (Phi) is 5.23. The Balaban J connectivity index is 0.000000160. The van der Waals surface area contributed by atoms with E-state index < -0.39 is 0 Å². The van der Waals surface area contributed by atoms with E-state index in [1.807, 2.05) is 0 Å². The molecule has 0 unspecified atom stereocenters. The molecule has 0 aliphatic rings. The van der Waals surface area contributed by atoms with E-state index in [1.54, 1.807) is 12.1 Å². The normalized spacial score (nSPS) is 9.25. The molecule has 0 aromatic heterocycles. The van der Waals surface area contributed by atoms with Gasteiger partial charge >= 0.3 is 0 Å². The minimum atomic E-state index is -0.367. The first-order chi connectivity index (χ1) is 7.59. The van der Waals surface area contributed by atoms with Crippen LogP contribution in [0, 0.1) is 11.6 Å². The van der Waals surface area contributed by atoms with Crippen molar-refractivity contribution in [1.29, 1.82) is 0 Å². The summed E-state index contributed by atoms with van der Waals surface area (Å²) in [6, 6.07) is 11.8.